The zero-order valence-corrected chi connectivity index (χ0v) is 13.2. The molecule has 1 amide bonds. The van der Waals surface area contributed by atoms with Crippen LogP contribution < -0.4 is 5.32 Å². The van der Waals surface area contributed by atoms with E-state index < -0.39 is 0 Å². The fourth-order valence-electron chi connectivity index (χ4n) is 1.96. The lowest BCUT2D eigenvalue weighted by atomic mass is 10.1. The highest BCUT2D eigenvalue weighted by molar-refractivity contribution is 8.15. The molecule has 2 aromatic rings. The van der Waals surface area contributed by atoms with Crippen LogP contribution in [0.4, 0.5) is 0 Å². The van der Waals surface area contributed by atoms with Crippen LogP contribution in [0.5, 0.6) is 0 Å². The molecule has 1 fully saturated rings. The molecule has 5 nitrogen and oxygen atoms in total. The predicted octanol–water partition coefficient (Wildman–Crippen LogP) is 3.46. The summed E-state index contributed by atoms with van der Waals surface area (Å²) in [5, 5.41) is 11.6. The van der Waals surface area contributed by atoms with Crippen LogP contribution in [-0.2, 0) is 4.79 Å². The minimum atomic E-state index is -0.0596. The number of nitrogens with zero attached hydrogens (tertiary/aromatic N) is 2. The molecule has 1 aromatic heterocycles. The van der Waals surface area contributed by atoms with Crippen molar-refractivity contribution < 1.29 is 9.21 Å². The minimum absolute atomic E-state index is 0.0596. The van der Waals surface area contributed by atoms with E-state index in [2.05, 4.69) is 15.5 Å². The number of carbonyl (C=O) groups excluding carboxylic acids is 1. The summed E-state index contributed by atoms with van der Waals surface area (Å²) < 4.78 is 5.72. The second-order valence-corrected chi connectivity index (χ2v) is 5.97. The van der Waals surface area contributed by atoms with E-state index in [0.717, 1.165) is 16.9 Å². The van der Waals surface area contributed by atoms with Crippen LogP contribution in [0.25, 0.3) is 11.3 Å². The minimum Gasteiger partial charge on any atom is -0.455 e. The van der Waals surface area contributed by atoms with Gasteiger partial charge in [-0.1, -0.05) is 35.5 Å². The average molecular weight is 334 g/mol. The molecule has 2 heterocycles. The molecule has 0 radical (unpaired) electrons. The van der Waals surface area contributed by atoms with Gasteiger partial charge in [0.05, 0.1) is 12.0 Å². The van der Waals surface area contributed by atoms with Gasteiger partial charge in [0.2, 0.25) is 5.91 Å². The number of hydrogen-bond acceptors (Lipinski definition) is 5. The molecule has 112 valence electrons. The van der Waals surface area contributed by atoms with Gasteiger partial charge in [0.25, 0.3) is 0 Å². The summed E-state index contributed by atoms with van der Waals surface area (Å²) in [6, 6.07) is 9.34. The van der Waals surface area contributed by atoms with E-state index in [1.54, 1.807) is 6.07 Å². The number of amides is 1. The molecule has 22 heavy (non-hydrogen) atoms. The lowest BCUT2D eigenvalue weighted by Gasteiger charge is -2.03. The van der Waals surface area contributed by atoms with Crippen molar-refractivity contribution in [2.75, 3.05) is 5.75 Å². The summed E-state index contributed by atoms with van der Waals surface area (Å²) in [4.78, 5) is 11.0. The molecule has 1 N–H and O–H groups in total. The maximum Gasteiger partial charge on any atom is 0.236 e. The Morgan fingerprint density at radius 2 is 2.23 bits per heavy atom. The molecule has 1 saturated heterocycles. The smallest absolute Gasteiger partial charge is 0.236 e. The van der Waals surface area contributed by atoms with Gasteiger partial charge in [-0.3, -0.25) is 4.79 Å². The van der Waals surface area contributed by atoms with E-state index in [1.165, 1.54) is 18.0 Å². The third-order valence-electron chi connectivity index (χ3n) is 3.08. The predicted molar refractivity (Wildman–Crippen MR) is 89.5 cm³/mol. The van der Waals surface area contributed by atoms with Crippen LogP contribution in [0, 0.1) is 6.92 Å². The molecule has 0 atom stereocenters. The summed E-state index contributed by atoms with van der Waals surface area (Å²) in [5.41, 5.74) is 1.91. The first-order valence-corrected chi connectivity index (χ1v) is 7.89. The molecule has 0 unspecified atom stereocenters. The zero-order chi connectivity index (χ0) is 15.5. The van der Waals surface area contributed by atoms with Gasteiger partial charge in [-0.05, 0) is 30.7 Å². The van der Waals surface area contributed by atoms with Gasteiger partial charge in [0.15, 0.2) is 5.17 Å². The van der Waals surface area contributed by atoms with Crippen molar-refractivity contribution in [3.63, 3.8) is 0 Å². The fraction of sp³-hybridized carbons (Fsp3) is 0.133. The normalized spacial score (nSPS) is 16.6. The number of carbonyl (C=O) groups is 1. The topological polar surface area (TPSA) is 67.0 Å². The molecule has 1 aromatic carbocycles. The molecule has 1 aliphatic heterocycles. The Hall–Kier alpha value is -2.05. The number of halogens is 1. The summed E-state index contributed by atoms with van der Waals surface area (Å²) in [5.74, 6) is 1.62. The Balaban J connectivity index is 1.77. The van der Waals surface area contributed by atoms with E-state index in [9.17, 15) is 4.79 Å². The highest BCUT2D eigenvalue weighted by atomic mass is 35.5. The molecule has 0 saturated carbocycles. The Morgan fingerprint density at radius 3 is 3.00 bits per heavy atom. The fourth-order valence-corrected chi connectivity index (χ4v) is 2.76. The highest BCUT2D eigenvalue weighted by Crippen LogP contribution is 2.29. The molecular formula is C15H12ClN3O2S. The van der Waals surface area contributed by atoms with Gasteiger partial charge in [-0.25, -0.2) is 0 Å². The lowest BCUT2D eigenvalue weighted by Crippen LogP contribution is -2.19. The molecule has 1 aliphatic rings. The molecule has 3 rings (SSSR count). The van der Waals surface area contributed by atoms with Crippen molar-refractivity contribution in [3.8, 4) is 11.3 Å². The van der Waals surface area contributed by atoms with Crippen molar-refractivity contribution in [2.45, 2.75) is 6.92 Å². The van der Waals surface area contributed by atoms with Crippen molar-refractivity contribution in [3.05, 3.63) is 46.7 Å². The quantitative estimate of drug-likeness (QED) is 0.691. The van der Waals surface area contributed by atoms with Crippen LogP contribution in [0.15, 0.2) is 45.0 Å². The number of nitrogens with one attached hydrogen (secondary N) is 1. The average Bonchev–Trinajstić information content (AvgIpc) is 3.12. The van der Waals surface area contributed by atoms with E-state index in [4.69, 9.17) is 16.0 Å². The highest BCUT2D eigenvalue weighted by Gasteiger charge is 2.16. The number of thioether (sulfide) groups is 1. The third-order valence-corrected chi connectivity index (χ3v) is 4.35. The standard InChI is InChI=1S/C15H12ClN3O2S/c1-9-11(3-2-4-12(9)16)13-6-5-10(21-13)7-17-19-15-18-14(20)8-22-15/h2-7H,8H2,1H3,(H,18,19,20)/b17-7-. The maximum atomic E-state index is 11.0. The summed E-state index contributed by atoms with van der Waals surface area (Å²) in [6.45, 7) is 1.94. The summed E-state index contributed by atoms with van der Waals surface area (Å²) in [6.07, 6.45) is 1.50. The Kier molecular flexibility index (Phi) is 4.31. The van der Waals surface area contributed by atoms with Crippen LogP contribution in [-0.4, -0.2) is 23.0 Å². The first kappa shape index (κ1) is 14.9. The van der Waals surface area contributed by atoms with Crippen molar-refractivity contribution in [1.82, 2.24) is 5.32 Å². The van der Waals surface area contributed by atoms with Gasteiger partial charge >= 0.3 is 0 Å². The van der Waals surface area contributed by atoms with Crippen LogP contribution in [0.1, 0.15) is 11.3 Å². The van der Waals surface area contributed by atoms with Crippen molar-refractivity contribution in [1.29, 1.82) is 0 Å². The number of hydrogen-bond donors (Lipinski definition) is 1. The molecule has 0 bridgehead atoms. The number of benzene rings is 1. The maximum absolute atomic E-state index is 11.0. The molecule has 0 aliphatic carbocycles. The van der Waals surface area contributed by atoms with Gasteiger partial charge in [0, 0.05) is 10.6 Å². The zero-order valence-electron chi connectivity index (χ0n) is 11.7. The first-order valence-electron chi connectivity index (χ1n) is 6.52. The summed E-state index contributed by atoms with van der Waals surface area (Å²) >= 11 is 7.44. The van der Waals surface area contributed by atoms with Crippen LogP contribution in [0.2, 0.25) is 5.02 Å². The van der Waals surface area contributed by atoms with E-state index in [1.807, 2.05) is 31.2 Å². The van der Waals surface area contributed by atoms with E-state index in [0.29, 0.717) is 21.7 Å². The second-order valence-electron chi connectivity index (χ2n) is 4.60. The Morgan fingerprint density at radius 1 is 1.36 bits per heavy atom. The molecule has 7 heteroatoms. The largest absolute Gasteiger partial charge is 0.455 e. The van der Waals surface area contributed by atoms with Crippen molar-refractivity contribution in [2.24, 2.45) is 10.2 Å². The number of rotatable bonds is 3. The second kappa shape index (κ2) is 6.37. The number of furan rings is 1. The van der Waals surface area contributed by atoms with E-state index in [-0.39, 0.29) is 5.91 Å². The molecule has 0 spiro atoms. The molecular weight excluding hydrogens is 322 g/mol. The van der Waals surface area contributed by atoms with Crippen LogP contribution >= 0.6 is 23.4 Å². The first-order chi connectivity index (χ1) is 10.6. The van der Waals surface area contributed by atoms with Gasteiger partial charge in [0.1, 0.15) is 11.5 Å². The van der Waals surface area contributed by atoms with Gasteiger partial charge in [-0.2, -0.15) is 5.10 Å². The number of amidine groups is 1. The Bertz CT molecular complexity index is 783. The van der Waals surface area contributed by atoms with Crippen LogP contribution in [0.3, 0.4) is 0 Å². The summed E-state index contributed by atoms with van der Waals surface area (Å²) in [7, 11) is 0. The lowest BCUT2D eigenvalue weighted by molar-refractivity contribution is -0.116. The monoisotopic (exact) mass is 333 g/mol. The SMILES string of the molecule is Cc1c(Cl)cccc1-c1ccc(/C=N\N=C2/NC(=O)CS2)o1. The van der Waals surface area contributed by atoms with E-state index >= 15 is 0 Å². The Labute approximate surface area is 136 Å². The van der Waals surface area contributed by atoms with Crippen molar-refractivity contribution >= 4 is 40.7 Å². The van der Waals surface area contributed by atoms with Gasteiger partial charge < -0.3 is 9.73 Å². The van der Waals surface area contributed by atoms with Gasteiger partial charge in [-0.15, -0.1) is 5.10 Å². The third kappa shape index (κ3) is 3.23.